The van der Waals surface area contributed by atoms with Gasteiger partial charge in [-0.05, 0) is 81.1 Å². The van der Waals surface area contributed by atoms with Crippen LogP contribution in [0.2, 0.25) is 0 Å². The number of benzene rings is 4. The summed E-state index contributed by atoms with van der Waals surface area (Å²) in [6.45, 7) is 5.05. The quantitative estimate of drug-likeness (QED) is 0.134. The minimum absolute atomic E-state index is 0.0365. The van der Waals surface area contributed by atoms with Crippen molar-refractivity contribution in [3.63, 3.8) is 0 Å². The number of Topliss-reactive ketones (excluding diaryl/α,β-unsaturated/α-hetero) is 1. The van der Waals surface area contributed by atoms with Gasteiger partial charge in [-0.25, -0.2) is 4.79 Å². The fourth-order valence-electron chi connectivity index (χ4n) is 5.26. The first kappa shape index (κ1) is 34.3. The average molecular weight is 639 g/mol. The van der Waals surface area contributed by atoms with Crippen LogP contribution in [0, 0.1) is 0 Å². The molecule has 0 aliphatic carbocycles. The van der Waals surface area contributed by atoms with Gasteiger partial charge in [0, 0.05) is 29.3 Å². The monoisotopic (exact) mass is 638 g/mol. The highest BCUT2D eigenvalue weighted by Gasteiger charge is 2.26. The molecule has 0 bridgehead atoms. The lowest BCUT2D eigenvalue weighted by Crippen LogP contribution is -2.49. The van der Waals surface area contributed by atoms with Crippen LogP contribution >= 0.6 is 0 Å². The molecule has 3 amide bonds. The Hall–Kier alpha value is -5.55. The predicted molar refractivity (Wildman–Crippen MR) is 180 cm³/mol. The van der Waals surface area contributed by atoms with Crippen LogP contribution in [0.4, 0.5) is 11.4 Å². The second-order valence-electron chi connectivity index (χ2n) is 11.2. The highest BCUT2D eigenvalue weighted by molar-refractivity contribution is 6.09. The maximum atomic E-state index is 14.2. The molecule has 0 aliphatic rings. The van der Waals surface area contributed by atoms with E-state index >= 15 is 0 Å². The van der Waals surface area contributed by atoms with E-state index in [4.69, 9.17) is 4.74 Å². The first-order chi connectivity index (χ1) is 22.5. The number of para-hydroxylation sites is 2. The van der Waals surface area contributed by atoms with Gasteiger partial charge in [-0.1, -0.05) is 36.4 Å². The number of hydrogen-bond donors (Lipinski definition) is 3. The Morgan fingerprint density at radius 2 is 1.53 bits per heavy atom. The number of methoxy groups -OCH3 is 1. The molecule has 244 valence electrons. The number of ether oxygens (including phenoxy) is 1. The second kappa shape index (κ2) is 15.2. The summed E-state index contributed by atoms with van der Waals surface area (Å²) in [5.74, 6) is -1.33. The standard InChI is InChI=1S/C36H38N4O7/c1-22(38-34(43)23(2)37-4)19-40(35(44)26-12-10-25(11-13-26)24(3)42)32-9-7-6-8-31(32)39(21-41)20-30-29-16-14-28(36(45)46)18-27(29)15-17-33(30)47-5/h6-18,21-23,37H,19-20H2,1-5H3,(H,38,43)(H,45,46)/t22?,23-/m0/s1. The number of carboxylic acids is 1. The summed E-state index contributed by atoms with van der Waals surface area (Å²) < 4.78 is 5.64. The van der Waals surface area contributed by atoms with E-state index < -0.39 is 24.0 Å². The third-order valence-electron chi connectivity index (χ3n) is 7.95. The summed E-state index contributed by atoms with van der Waals surface area (Å²) in [6, 6.07) is 20.5. The Labute approximate surface area is 273 Å². The van der Waals surface area contributed by atoms with E-state index in [1.807, 2.05) is 0 Å². The summed E-state index contributed by atoms with van der Waals surface area (Å²) in [5, 5.41) is 16.7. The Bertz CT molecular complexity index is 1810. The van der Waals surface area contributed by atoms with Gasteiger partial charge in [-0.2, -0.15) is 0 Å². The topological polar surface area (TPSA) is 145 Å². The van der Waals surface area contributed by atoms with E-state index in [-0.39, 0.29) is 30.3 Å². The fourth-order valence-corrected chi connectivity index (χ4v) is 5.26. The Morgan fingerprint density at radius 1 is 0.894 bits per heavy atom. The molecule has 1 unspecified atom stereocenters. The number of carbonyl (C=O) groups excluding carboxylic acids is 4. The molecule has 2 atom stereocenters. The zero-order chi connectivity index (χ0) is 34.2. The van der Waals surface area contributed by atoms with Crippen molar-refractivity contribution in [2.24, 2.45) is 0 Å². The minimum Gasteiger partial charge on any atom is -0.496 e. The Balaban J connectivity index is 1.79. The number of carbonyl (C=O) groups is 5. The van der Waals surface area contributed by atoms with Gasteiger partial charge in [0.25, 0.3) is 5.91 Å². The zero-order valence-electron chi connectivity index (χ0n) is 26.9. The maximum Gasteiger partial charge on any atom is 0.335 e. The van der Waals surface area contributed by atoms with Crippen LogP contribution < -0.4 is 25.2 Å². The third kappa shape index (κ3) is 7.82. The number of ketones is 1. The lowest BCUT2D eigenvalue weighted by molar-refractivity contribution is -0.123. The summed E-state index contributed by atoms with van der Waals surface area (Å²) in [7, 11) is 3.19. The molecule has 0 saturated heterocycles. The van der Waals surface area contributed by atoms with Crippen molar-refractivity contribution in [1.29, 1.82) is 0 Å². The molecular formula is C36H38N4O7. The summed E-state index contributed by atoms with van der Waals surface area (Å²) in [4.78, 5) is 66.1. The summed E-state index contributed by atoms with van der Waals surface area (Å²) in [6.07, 6.45) is 0.660. The third-order valence-corrected chi connectivity index (χ3v) is 7.95. The van der Waals surface area contributed by atoms with Gasteiger partial charge in [0.1, 0.15) is 5.75 Å². The molecule has 0 spiro atoms. The van der Waals surface area contributed by atoms with Crippen LogP contribution in [0.1, 0.15) is 57.4 Å². The van der Waals surface area contributed by atoms with Gasteiger partial charge in [0.2, 0.25) is 12.3 Å². The number of rotatable bonds is 14. The van der Waals surface area contributed by atoms with E-state index in [1.165, 1.54) is 29.9 Å². The van der Waals surface area contributed by atoms with Crippen LogP contribution in [0.5, 0.6) is 5.75 Å². The molecule has 4 aromatic rings. The molecule has 0 saturated carbocycles. The number of anilines is 2. The smallest absolute Gasteiger partial charge is 0.335 e. The number of nitrogens with zero attached hydrogens (tertiary/aromatic N) is 2. The van der Waals surface area contributed by atoms with E-state index in [9.17, 15) is 29.1 Å². The Morgan fingerprint density at radius 3 is 2.13 bits per heavy atom. The molecular weight excluding hydrogens is 600 g/mol. The van der Waals surface area contributed by atoms with Crippen molar-refractivity contribution in [3.05, 3.63) is 101 Å². The molecule has 3 N–H and O–H groups in total. The van der Waals surface area contributed by atoms with E-state index in [0.717, 1.165) is 0 Å². The predicted octanol–water partition coefficient (Wildman–Crippen LogP) is 4.67. The van der Waals surface area contributed by atoms with Gasteiger partial charge in [-0.15, -0.1) is 0 Å². The fraction of sp³-hybridized carbons (Fsp3) is 0.250. The average Bonchev–Trinajstić information content (AvgIpc) is 3.08. The minimum atomic E-state index is -1.06. The molecule has 0 fully saturated rings. The molecule has 0 aromatic heterocycles. The summed E-state index contributed by atoms with van der Waals surface area (Å²) in [5.41, 5.74) is 2.37. The highest BCUT2D eigenvalue weighted by Crippen LogP contribution is 2.35. The number of likely N-dealkylation sites (N-methyl/N-ethyl adjacent to an activating group) is 1. The van der Waals surface area contributed by atoms with Gasteiger partial charge < -0.3 is 30.3 Å². The SMILES string of the molecule is CN[C@@H](C)C(=O)NC(C)CN(C(=O)c1ccc(C(C)=O)cc1)c1ccccc1N(C=O)Cc1c(OC)ccc2cc(C(=O)O)ccc12. The van der Waals surface area contributed by atoms with Crippen LogP contribution in [-0.4, -0.2) is 67.9 Å². The lowest BCUT2D eigenvalue weighted by atomic mass is 10.0. The largest absolute Gasteiger partial charge is 0.496 e. The number of carboxylic acid groups (broad SMARTS) is 1. The normalized spacial score (nSPS) is 12.1. The molecule has 11 nitrogen and oxygen atoms in total. The number of aromatic carboxylic acids is 1. The highest BCUT2D eigenvalue weighted by atomic mass is 16.5. The zero-order valence-corrected chi connectivity index (χ0v) is 26.9. The van der Waals surface area contributed by atoms with Crippen molar-refractivity contribution in [1.82, 2.24) is 10.6 Å². The first-order valence-corrected chi connectivity index (χ1v) is 15.0. The number of fused-ring (bicyclic) bond motifs is 1. The van der Waals surface area contributed by atoms with Crippen LogP contribution in [0.25, 0.3) is 10.8 Å². The maximum absolute atomic E-state index is 14.2. The van der Waals surface area contributed by atoms with Gasteiger partial charge in [-0.3, -0.25) is 19.2 Å². The number of nitrogens with one attached hydrogen (secondary N) is 2. The molecule has 4 rings (SSSR count). The molecule has 0 aliphatic heterocycles. The lowest BCUT2D eigenvalue weighted by Gasteiger charge is -2.31. The van der Waals surface area contributed by atoms with Gasteiger partial charge >= 0.3 is 5.97 Å². The number of amides is 3. The molecule has 0 radical (unpaired) electrons. The first-order valence-electron chi connectivity index (χ1n) is 15.0. The molecule has 11 heteroatoms. The van der Waals surface area contributed by atoms with Crippen LogP contribution in [-0.2, 0) is 16.1 Å². The molecule has 4 aromatic carbocycles. The van der Waals surface area contributed by atoms with Crippen molar-refractivity contribution in [2.45, 2.75) is 39.4 Å². The summed E-state index contributed by atoms with van der Waals surface area (Å²) >= 11 is 0. The van der Waals surface area contributed by atoms with Crippen LogP contribution in [0.15, 0.2) is 78.9 Å². The van der Waals surface area contributed by atoms with Crippen molar-refractivity contribution >= 4 is 52.1 Å². The Kier molecular flexibility index (Phi) is 11.1. The van der Waals surface area contributed by atoms with Gasteiger partial charge in [0.15, 0.2) is 5.78 Å². The van der Waals surface area contributed by atoms with Crippen molar-refractivity contribution in [3.8, 4) is 5.75 Å². The van der Waals surface area contributed by atoms with Gasteiger partial charge in [0.05, 0.1) is 36.6 Å². The van der Waals surface area contributed by atoms with Crippen molar-refractivity contribution < 1.29 is 33.8 Å². The second-order valence-corrected chi connectivity index (χ2v) is 11.2. The van der Waals surface area contributed by atoms with Crippen LogP contribution in [0.3, 0.4) is 0 Å². The molecule has 47 heavy (non-hydrogen) atoms. The van der Waals surface area contributed by atoms with E-state index in [2.05, 4.69) is 10.6 Å². The van der Waals surface area contributed by atoms with Crippen molar-refractivity contribution in [2.75, 3.05) is 30.5 Å². The van der Waals surface area contributed by atoms with E-state index in [0.29, 0.717) is 51.0 Å². The van der Waals surface area contributed by atoms with E-state index in [1.54, 1.807) is 93.7 Å². The molecule has 0 heterocycles. The number of hydrogen-bond acceptors (Lipinski definition) is 7.